The molecule has 3 rings (SSSR count). The molecule has 2 amide bonds. The standard InChI is InChI=1S/C20H18N2O3S/c1-14-17(12-13-25-14)19(23)21-22-20(24)18(15-8-4-2-5-9-15)26-16-10-6-3-7-11-16/h2-13,18H,1H3,(H,21,23)(H,22,24)/t18-/m1/s1. The van der Waals surface area contributed by atoms with Crippen molar-refractivity contribution >= 4 is 23.6 Å². The van der Waals surface area contributed by atoms with Gasteiger partial charge in [-0.2, -0.15) is 0 Å². The Morgan fingerprint density at radius 1 is 0.923 bits per heavy atom. The van der Waals surface area contributed by atoms with Crippen LogP contribution in [0.3, 0.4) is 0 Å². The fraction of sp³-hybridized carbons (Fsp3) is 0.100. The summed E-state index contributed by atoms with van der Waals surface area (Å²) in [6.07, 6.45) is 1.43. The van der Waals surface area contributed by atoms with Crippen molar-refractivity contribution in [1.82, 2.24) is 10.9 Å². The first-order valence-corrected chi connectivity index (χ1v) is 8.94. The molecule has 0 fully saturated rings. The molecule has 0 bridgehead atoms. The smallest absolute Gasteiger partial charge is 0.273 e. The quantitative estimate of drug-likeness (QED) is 0.531. The van der Waals surface area contributed by atoms with Gasteiger partial charge in [0, 0.05) is 4.90 Å². The molecule has 0 saturated heterocycles. The maximum Gasteiger partial charge on any atom is 0.273 e. The van der Waals surface area contributed by atoms with E-state index in [0.717, 1.165) is 10.5 Å². The minimum absolute atomic E-state index is 0.306. The van der Waals surface area contributed by atoms with Crippen molar-refractivity contribution in [2.24, 2.45) is 0 Å². The van der Waals surface area contributed by atoms with Crippen molar-refractivity contribution in [3.8, 4) is 0 Å². The predicted molar refractivity (Wildman–Crippen MR) is 101 cm³/mol. The van der Waals surface area contributed by atoms with Crippen LogP contribution in [0.15, 0.2) is 82.3 Å². The van der Waals surface area contributed by atoms with E-state index in [1.165, 1.54) is 18.0 Å². The summed E-state index contributed by atoms with van der Waals surface area (Å²) in [5.41, 5.74) is 6.21. The van der Waals surface area contributed by atoms with Crippen molar-refractivity contribution in [3.63, 3.8) is 0 Å². The molecule has 2 aromatic carbocycles. The lowest BCUT2D eigenvalue weighted by Crippen LogP contribution is -2.43. The van der Waals surface area contributed by atoms with Crippen molar-refractivity contribution in [3.05, 3.63) is 89.9 Å². The Hall–Kier alpha value is -2.99. The molecule has 2 N–H and O–H groups in total. The molecule has 3 aromatic rings. The molecule has 5 nitrogen and oxygen atoms in total. The van der Waals surface area contributed by atoms with Gasteiger partial charge < -0.3 is 4.42 Å². The first-order chi connectivity index (χ1) is 12.6. The molecule has 0 unspecified atom stereocenters. The summed E-state index contributed by atoms with van der Waals surface area (Å²) >= 11 is 1.42. The molecule has 1 aromatic heterocycles. The molecule has 0 spiro atoms. The summed E-state index contributed by atoms with van der Waals surface area (Å²) in [6.45, 7) is 1.69. The normalized spacial score (nSPS) is 11.6. The van der Waals surface area contributed by atoms with Crippen LogP contribution in [-0.2, 0) is 4.79 Å². The fourth-order valence-corrected chi connectivity index (χ4v) is 3.45. The number of carbonyl (C=O) groups excluding carboxylic acids is 2. The third kappa shape index (κ3) is 4.34. The number of furan rings is 1. The Morgan fingerprint density at radius 3 is 2.19 bits per heavy atom. The van der Waals surface area contributed by atoms with Crippen molar-refractivity contribution in [2.45, 2.75) is 17.1 Å². The van der Waals surface area contributed by atoms with E-state index in [1.54, 1.807) is 13.0 Å². The summed E-state index contributed by atoms with van der Waals surface area (Å²) in [5.74, 6) is -0.226. The first kappa shape index (κ1) is 17.8. The largest absolute Gasteiger partial charge is 0.469 e. The molecular weight excluding hydrogens is 348 g/mol. The van der Waals surface area contributed by atoms with Crippen molar-refractivity contribution < 1.29 is 14.0 Å². The minimum atomic E-state index is -0.496. The van der Waals surface area contributed by atoms with Gasteiger partial charge in [0.25, 0.3) is 11.8 Å². The average molecular weight is 366 g/mol. The maximum absolute atomic E-state index is 12.7. The molecule has 6 heteroatoms. The SMILES string of the molecule is Cc1occc1C(=O)NNC(=O)[C@H](Sc1ccccc1)c1ccccc1. The van der Waals surface area contributed by atoms with Crippen LogP contribution >= 0.6 is 11.8 Å². The number of rotatable bonds is 5. The van der Waals surface area contributed by atoms with Gasteiger partial charge in [-0.25, -0.2) is 0 Å². The summed E-state index contributed by atoms with van der Waals surface area (Å²) < 4.78 is 5.11. The molecule has 0 aliphatic rings. The molecule has 1 atom stereocenters. The van der Waals surface area contributed by atoms with Gasteiger partial charge in [-0.05, 0) is 30.7 Å². The number of hydrogen-bond acceptors (Lipinski definition) is 4. The van der Waals surface area contributed by atoms with Gasteiger partial charge in [0.1, 0.15) is 11.0 Å². The lowest BCUT2D eigenvalue weighted by atomic mass is 10.1. The lowest BCUT2D eigenvalue weighted by Gasteiger charge is -2.17. The van der Waals surface area contributed by atoms with E-state index < -0.39 is 11.2 Å². The van der Waals surface area contributed by atoms with Gasteiger partial charge >= 0.3 is 0 Å². The zero-order valence-corrected chi connectivity index (χ0v) is 15.0. The summed E-state index contributed by atoms with van der Waals surface area (Å²) in [5, 5.41) is -0.496. The maximum atomic E-state index is 12.7. The minimum Gasteiger partial charge on any atom is -0.469 e. The van der Waals surface area contributed by atoms with Crippen LogP contribution in [0.2, 0.25) is 0 Å². The summed E-state index contributed by atoms with van der Waals surface area (Å²) in [4.78, 5) is 25.9. The lowest BCUT2D eigenvalue weighted by molar-refractivity contribution is -0.121. The van der Waals surface area contributed by atoms with E-state index in [0.29, 0.717) is 11.3 Å². The van der Waals surface area contributed by atoms with Crippen LogP contribution in [0.4, 0.5) is 0 Å². The Labute approximate surface area is 155 Å². The summed E-state index contributed by atoms with van der Waals surface area (Å²) in [6, 6.07) is 20.7. The zero-order chi connectivity index (χ0) is 18.4. The Bertz CT molecular complexity index is 878. The van der Waals surface area contributed by atoms with Gasteiger partial charge in [-0.1, -0.05) is 48.5 Å². The van der Waals surface area contributed by atoms with E-state index in [1.807, 2.05) is 60.7 Å². The molecule has 0 radical (unpaired) electrons. The van der Waals surface area contributed by atoms with E-state index in [9.17, 15) is 9.59 Å². The number of aryl methyl sites for hydroxylation is 1. The number of carbonyl (C=O) groups is 2. The van der Waals surface area contributed by atoms with Crippen LogP contribution < -0.4 is 10.9 Å². The number of nitrogens with one attached hydrogen (secondary N) is 2. The van der Waals surface area contributed by atoms with Crippen molar-refractivity contribution in [1.29, 1.82) is 0 Å². The Balaban J connectivity index is 1.72. The van der Waals surface area contributed by atoms with Gasteiger partial charge in [0.05, 0.1) is 11.8 Å². The van der Waals surface area contributed by atoms with Crippen LogP contribution in [0.25, 0.3) is 0 Å². The van der Waals surface area contributed by atoms with Crippen LogP contribution in [0.1, 0.15) is 26.9 Å². The highest BCUT2D eigenvalue weighted by Gasteiger charge is 2.23. The van der Waals surface area contributed by atoms with Gasteiger partial charge in [-0.3, -0.25) is 20.4 Å². The highest BCUT2D eigenvalue weighted by Crippen LogP contribution is 2.35. The molecule has 132 valence electrons. The fourth-order valence-electron chi connectivity index (χ4n) is 2.41. The van der Waals surface area contributed by atoms with Gasteiger partial charge in [-0.15, -0.1) is 11.8 Å². The second-order valence-corrected chi connectivity index (χ2v) is 6.73. The second-order valence-electron chi connectivity index (χ2n) is 5.56. The van der Waals surface area contributed by atoms with Crippen molar-refractivity contribution in [2.75, 3.05) is 0 Å². The average Bonchev–Trinajstić information content (AvgIpc) is 3.11. The van der Waals surface area contributed by atoms with E-state index in [2.05, 4.69) is 10.9 Å². The molecule has 0 aliphatic heterocycles. The van der Waals surface area contributed by atoms with Crippen LogP contribution in [0.5, 0.6) is 0 Å². The van der Waals surface area contributed by atoms with Gasteiger partial charge in [0.2, 0.25) is 0 Å². The Morgan fingerprint density at radius 2 is 1.58 bits per heavy atom. The number of benzene rings is 2. The molecule has 1 heterocycles. The highest BCUT2D eigenvalue weighted by atomic mass is 32.2. The third-order valence-corrected chi connectivity index (χ3v) is 5.01. The van der Waals surface area contributed by atoms with E-state index in [-0.39, 0.29) is 5.91 Å². The number of amides is 2. The van der Waals surface area contributed by atoms with Gasteiger partial charge in [0.15, 0.2) is 0 Å². The summed E-state index contributed by atoms with van der Waals surface area (Å²) in [7, 11) is 0. The topological polar surface area (TPSA) is 71.3 Å². The number of hydrogen-bond donors (Lipinski definition) is 2. The number of thioether (sulfide) groups is 1. The molecular formula is C20H18N2O3S. The third-order valence-electron chi connectivity index (χ3n) is 3.74. The van der Waals surface area contributed by atoms with E-state index >= 15 is 0 Å². The molecule has 0 saturated carbocycles. The van der Waals surface area contributed by atoms with Crippen LogP contribution in [-0.4, -0.2) is 11.8 Å². The van der Waals surface area contributed by atoms with Crippen LogP contribution in [0, 0.1) is 6.92 Å². The molecule has 0 aliphatic carbocycles. The van der Waals surface area contributed by atoms with E-state index in [4.69, 9.17) is 4.42 Å². The number of hydrazine groups is 1. The molecule has 26 heavy (non-hydrogen) atoms. The zero-order valence-electron chi connectivity index (χ0n) is 14.1. The Kier molecular flexibility index (Phi) is 5.76. The highest BCUT2D eigenvalue weighted by molar-refractivity contribution is 8.00. The second kappa shape index (κ2) is 8.40. The first-order valence-electron chi connectivity index (χ1n) is 8.06. The monoisotopic (exact) mass is 366 g/mol. The predicted octanol–water partition coefficient (Wildman–Crippen LogP) is 3.88.